The molecule has 6 atom stereocenters. The topological polar surface area (TPSA) is 20.2 Å². The average molecular weight is 399 g/mol. The molecule has 1 fully saturated rings. The minimum absolute atomic E-state index is 0.0459. The van der Waals surface area contributed by atoms with Gasteiger partial charge >= 0.3 is 0 Å². The van der Waals surface area contributed by atoms with Crippen molar-refractivity contribution in [2.45, 2.75) is 112 Å². The van der Waals surface area contributed by atoms with Crippen LogP contribution in [-0.2, 0) is 0 Å². The second-order valence-electron chi connectivity index (χ2n) is 12.7. The molecule has 1 nitrogen and oxygen atoms in total. The van der Waals surface area contributed by atoms with Gasteiger partial charge in [-0.25, -0.2) is 0 Å². The maximum absolute atomic E-state index is 10.7. The molecule has 29 heavy (non-hydrogen) atoms. The van der Waals surface area contributed by atoms with Crippen LogP contribution in [-0.4, -0.2) is 11.2 Å². The summed E-state index contributed by atoms with van der Waals surface area (Å²) in [7, 11) is 0. The highest BCUT2D eigenvalue weighted by molar-refractivity contribution is 5.49. The third kappa shape index (κ3) is 3.20. The van der Waals surface area contributed by atoms with E-state index in [1.807, 2.05) is 0 Å². The van der Waals surface area contributed by atoms with Crippen molar-refractivity contribution in [3.05, 3.63) is 22.8 Å². The third-order valence-corrected chi connectivity index (χ3v) is 10.3. The number of hydrogen-bond acceptors (Lipinski definition) is 1. The summed E-state index contributed by atoms with van der Waals surface area (Å²) >= 11 is 0. The molecule has 1 saturated carbocycles. The summed E-state index contributed by atoms with van der Waals surface area (Å²) < 4.78 is 0. The fourth-order valence-electron chi connectivity index (χ4n) is 8.37. The molecule has 4 aliphatic carbocycles. The summed E-state index contributed by atoms with van der Waals surface area (Å²) in [5, 5.41) is 10.7. The van der Waals surface area contributed by atoms with Crippen LogP contribution in [0.4, 0.5) is 0 Å². The summed E-state index contributed by atoms with van der Waals surface area (Å²) in [4.78, 5) is 0. The van der Waals surface area contributed by atoms with Gasteiger partial charge in [0, 0.05) is 0 Å². The standard InChI is InChI=1S/C28H46O/c1-18(2)8-9-19(3)21-11-12-22-20-10-13-24-26(4,5)25(29)15-17-28(24,7)23(20)14-16-27(21,22)6/h12,18-19,21,24-25,29H,8-11,13-17H2,1-7H3/t19-,21-,24+,25+,27-,28-/m1/s1. The zero-order valence-electron chi connectivity index (χ0n) is 20.3. The van der Waals surface area contributed by atoms with E-state index >= 15 is 0 Å². The average Bonchev–Trinajstić information content (AvgIpc) is 3.00. The van der Waals surface area contributed by atoms with E-state index in [2.05, 4.69) is 54.5 Å². The lowest BCUT2D eigenvalue weighted by molar-refractivity contribution is -0.0905. The smallest absolute Gasteiger partial charge is 0.0594 e. The molecule has 4 rings (SSSR count). The predicted molar refractivity (Wildman–Crippen MR) is 124 cm³/mol. The van der Waals surface area contributed by atoms with Crippen molar-refractivity contribution in [1.29, 1.82) is 0 Å². The molecular weight excluding hydrogens is 352 g/mol. The first kappa shape index (κ1) is 21.7. The van der Waals surface area contributed by atoms with Gasteiger partial charge in [-0.15, -0.1) is 0 Å². The lowest BCUT2D eigenvalue weighted by atomic mass is 9.46. The van der Waals surface area contributed by atoms with Crippen LogP contribution in [0.15, 0.2) is 22.8 Å². The third-order valence-electron chi connectivity index (χ3n) is 10.3. The van der Waals surface area contributed by atoms with Crippen LogP contribution >= 0.6 is 0 Å². The van der Waals surface area contributed by atoms with Crippen molar-refractivity contribution in [2.24, 2.45) is 39.9 Å². The molecule has 0 saturated heterocycles. The van der Waals surface area contributed by atoms with E-state index in [-0.39, 0.29) is 11.5 Å². The van der Waals surface area contributed by atoms with E-state index < -0.39 is 0 Å². The number of allylic oxidation sites excluding steroid dienone is 4. The molecule has 0 radical (unpaired) electrons. The first-order valence-electron chi connectivity index (χ1n) is 12.6. The molecule has 1 N–H and O–H groups in total. The first-order valence-corrected chi connectivity index (χ1v) is 12.6. The molecule has 0 aromatic rings. The van der Waals surface area contributed by atoms with E-state index in [9.17, 15) is 5.11 Å². The van der Waals surface area contributed by atoms with E-state index in [1.165, 1.54) is 51.4 Å². The Balaban J connectivity index is 1.63. The highest BCUT2D eigenvalue weighted by Gasteiger charge is 2.57. The number of fused-ring (bicyclic) bond motifs is 4. The number of rotatable bonds is 4. The highest BCUT2D eigenvalue weighted by Crippen LogP contribution is 2.66. The molecule has 1 heteroatoms. The van der Waals surface area contributed by atoms with Gasteiger partial charge in [-0.1, -0.05) is 73.0 Å². The molecule has 0 spiro atoms. The highest BCUT2D eigenvalue weighted by atomic mass is 16.3. The van der Waals surface area contributed by atoms with Crippen LogP contribution in [0.1, 0.15) is 106 Å². The number of aliphatic hydroxyl groups excluding tert-OH is 1. The molecule has 0 aliphatic heterocycles. The van der Waals surface area contributed by atoms with Gasteiger partial charge in [0.15, 0.2) is 0 Å². The van der Waals surface area contributed by atoms with Crippen LogP contribution in [0.5, 0.6) is 0 Å². The summed E-state index contributed by atoms with van der Waals surface area (Å²) in [6.07, 6.45) is 13.9. The maximum Gasteiger partial charge on any atom is 0.0594 e. The zero-order valence-corrected chi connectivity index (χ0v) is 20.3. The van der Waals surface area contributed by atoms with Crippen molar-refractivity contribution in [3.8, 4) is 0 Å². The predicted octanol–water partition coefficient (Wildman–Crippen LogP) is 7.70. The van der Waals surface area contributed by atoms with Crippen molar-refractivity contribution in [1.82, 2.24) is 0 Å². The van der Waals surface area contributed by atoms with E-state index in [1.54, 1.807) is 16.7 Å². The van der Waals surface area contributed by atoms with Crippen LogP contribution in [0.25, 0.3) is 0 Å². The van der Waals surface area contributed by atoms with Crippen LogP contribution in [0.3, 0.4) is 0 Å². The molecule has 0 amide bonds. The minimum atomic E-state index is -0.131. The van der Waals surface area contributed by atoms with Crippen LogP contribution < -0.4 is 0 Å². The van der Waals surface area contributed by atoms with Crippen molar-refractivity contribution in [2.75, 3.05) is 0 Å². The fourth-order valence-corrected chi connectivity index (χ4v) is 8.37. The molecular formula is C28H46O. The number of aliphatic hydroxyl groups is 1. The van der Waals surface area contributed by atoms with Gasteiger partial charge in [-0.3, -0.25) is 0 Å². The zero-order chi connectivity index (χ0) is 21.2. The first-order chi connectivity index (χ1) is 13.5. The molecule has 0 heterocycles. The van der Waals surface area contributed by atoms with Crippen LogP contribution in [0.2, 0.25) is 0 Å². The lowest BCUT2D eigenvalue weighted by Crippen LogP contribution is -2.53. The lowest BCUT2D eigenvalue weighted by Gasteiger charge is -2.59. The van der Waals surface area contributed by atoms with E-state index in [0.29, 0.717) is 16.7 Å². The summed E-state index contributed by atoms with van der Waals surface area (Å²) in [6, 6.07) is 0. The van der Waals surface area contributed by atoms with Crippen LogP contribution in [0, 0.1) is 39.9 Å². The molecule has 4 aliphatic rings. The van der Waals surface area contributed by atoms with Gasteiger partial charge in [-0.05, 0) is 96.0 Å². The summed E-state index contributed by atoms with van der Waals surface area (Å²) in [5.41, 5.74) is 6.08. The van der Waals surface area contributed by atoms with E-state index in [0.717, 1.165) is 24.2 Å². The van der Waals surface area contributed by atoms with Gasteiger partial charge in [-0.2, -0.15) is 0 Å². The Morgan fingerprint density at radius 1 is 0.966 bits per heavy atom. The largest absolute Gasteiger partial charge is 0.393 e. The maximum atomic E-state index is 10.7. The van der Waals surface area contributed by atoms with E-state index in [4.69, 9.17) is 0 Å². The molecule has 0 aromatic heterocycles. The van der Waals surface area contributed by atoms with Gasteiger partial charge in [0.05, 0.1) is 6.10 Å². The Hall–Kier alpha value is -0.560. The number of hydrogen-bond donors (Lipinski definition) is 1. The van der Waals surface area contributed by atoms with Gasteiger partial charge < -0.3 is 5.11 Å². The SMILES string of the molecule is CC(C)CC[C@@H](C)[C@H]1CC=C2C3=C(CC[C@@]21C)[C@@]1(C)CC[C@H](O)C(C)(C)[C@@H]1CC3. The Morgan fingerprint density at radius 3 is 2.38 bits per heavy atom. The molecule has 0 bridgehead atoms. The normalized spacial score (nSPS) is 42.2. The summed E-state index contributed by atoms with van der Waals surface area (Å²) in [6.45, 7) is 17.1. The summed E-state index contributed by atoms with van der Waals surface area (Å²) in [5.74, 6) is 3.11. The van der Waals surface area contributed by atoms with Crippen molar-refractivity contribution >= 4 is 0 Å². The monoisotopic (exact) mass is 398 g/mol. The molecule has 0 aromatic carbocycles. The second-order valence-corrected chi connectivity index (χ2v) is 12.7. The molecule has 164 valence electrons. The second kappa shape index (κ2) is 7.25. The van der Waals surface area contributed by atoms with Crippen molar-refractivity contribution < 1.29 is 5.11 Å². The quantitative estimate of drug-likeness (QED) is 0.514. The van der Waals surface area contributed by atoms with Gasteiger partial charge in [0.2, 0.25) is 0 Å². The van der Waals surface area contributed by atoms with Gasteiger partial charge in [0.1, 0.15) is 0 Å². The Morgan fingerprint density at radius 2 is 1.69 bits per heavy atom. The Kier molecular flexibility index (Phi) is 5.42. The fraction of sp³-hybridized carbons (Fsp3) is 0.857. The minimum Gasteiger partial charge on any atom is -0.393 e. The van der Waals surface area contributed by atoms with Crippen molar-refractivity contribution in [3.63, 3.8) is 0 Å². The Labute approximate surface area is 180 Å². The Bertz CT molecular complexity index is 710. The van der Waals surface area contributed by atoms with Gasteiger partial charge in [0.25, 0.3) is 0 Å². The molecule has 0 unspecified atom stereocenters.